The van der Waals surface area contributed by atoms with Crippen LogP contribution in [-0.4, -0.2) is 30.6 Å². The van der Waals surface area contributed by atoms with Crippen molar-refractivity contribution in [2.75, 3.05) is 18.6 Å². The number of rotatable bonds is 3. The summed E-state index contributed by atoms with van der Waals surface area (Å²) in [5.74, 6) is -0.411. The molecule has 0 saturated carbocycles. The van der Waals surface area contributed by atoms with Crippen LogP contribution in [0.5, 0.6) is 0 Å². The van der Waals surface area contributed by atoms with Gasteiger partial charge in [-0.2, -0.15) is 5.26 Å². The Morgan fingerprint density at radius 3 is 2.90 bits per heavy atom. The van der Waals surface area contributed by atoms with Crippen LogP contribution in [0.15, 0.2) is 18.2 Å². The molecule has 0 radical (unpaired) electrons. The number of anilines is 1. The quantitative estimate of drug-likeness (QED) is 0.479. The van der Waals surface area contributed by atoms with Gasteiger partial charge in [-0.3, -0.25) is 10.1 Å². The molecule has 7 heteroatoms. The lowest BCUT2D eigenvalue weighted by molar-refractivity contribution is -0.384. The summed E-state index contributed by atoms with van der Waals surface area (Å²) < 4.78 is 4.78. The monoisotopic (exact) mass is 289 g/mol. The summed E-state index contributed by atoms with van der Waals surface area (Å²) in [4.78, 5) is 24.3. The van der Waals surface area contributed by atoms with E-state index in [1.54, 1.807) is 4.90 Å². The molecular formula is C14H15N3O4. The smallest absolute Gasteiger partial charge is 0.328 e. The van der Waals surface area contributed by atoms with Gasteiger partial charge in [0.25, 0.3) is 5.69 Å². The van der Waals surface area contributed by atoms with Crippen LogP contribution < -0.4 is 4.90 Å². The van der Waals surface area contributed by atoms with Crippen molar-refractivity contribution >= 4 is 17.3 Å². The number of hydrogen-bond donors (Lipinski definition) is 0. The Bertz CT molecular complexity index is 609. The van der Waals surface area contributed by atoms with E-state index in [0.717, 1.165) is 12.8 Å². The average molecular weight is 289 g/mol. The molecule has 1 saturated heterocycles. The van der Waals surface area contributed by atoms with Crippen molar-refractivity contribution in [2.24, 2.45) is 0 Å². The minimum absolute atomic E-state index is 0.107. The van der Waals surface area contributed by atoms with Gasteiger partial charge < -0.3 is 9.64 Å². The molecule has 0 spiro atoms. The van der Waals surface area contributed by atoms with Gasteiger partial charge in [-0.1, -0.05) is 0 Å². The number of methoxy groups -OCH3 is 1. The standard InChI is InChI=1S/C14H15N3O4/c1-21-14(18)12-4-2-3-7-16(12)13-8-10(9-15)5-6-11(13)17(19)20/h5-6,8,12H,2-4,7H2,1H3. The Kier molecular flexibility index (Phi) is 4.38. The molecular weight excluding hydrogens is 274 g/mol. The molecule has 0 bridgehead atoms. The molecule has 1 aliphatic heterocycles. The molecule has 1 aromatic carbocycles. The second-order valence-electron chi connectivity index (χ2n) is 4.80. The third-order valence-electron chi connectivity index (χ3n) is 3.59. The summed E-state index contributed by atoms with van der Waals surface area (Å²) in [5, 5.41) is 20.2. The predicted molar refractivity (Wildman–Crippen MR) is 74.8 cm³/mol. The fraction of sp³-hybridized carbons (Fsp3) is 0.429. The molecule has 0 amide bonds. The normalized spacial score (nSPS) is 17.9. The van der Waals surface area contributed by atoms with Crippen molar-refractivity contribution in [3.8, 4) is 6.07 Å². The lowest BCUT2D eigenvalue weighted by atomic mass is 10.00. The number of nitro benzene ring substituents is 1. The first-order valence-electron chi connectivity index (χ1n) is 6.61. The van der Waals surface area contributed by atoms with Crippen LogP contribution in [0.25, 0.3) is 0 Å². The van der Waals surface area contributed by atoms with Gasteiger partial charge >= 0.3 is 5.97 Å². The first kappa shape index (κ1) is 14.8. The molecule has 1 aliphatic rings. The maximum absolute atomic E-state index is 11.9. The van der Waals surface area contributed by atoms with Crippen molar-refractivity contribution in [3.05, 3.63) is 33.9 Å². The van der Waals surface area contributed by atoms with Crippen LogP contribution >= 0.6 is 0 Å². The van der Waals surface area contributed by atoms with Crippen molar-refractivity contribution in [1.29, 1.82) is 5.26 Å². The van der Waals surface area contributed by atoms with Crippen LogP contribution in [0.3, 0.4) is 0 Å². The number of nitro groups is 1. The summed E-state index contributed by atoms with van der Waals surface area (Å²) >= 11 is 0. The van der Waals surface area contributed by atoms with E-state index in [9.17, 15) is 14.9 Å². The molecule has 110 valence electrons. The van der Waals surface area contributed by atoms with Crippen LogP contribution in [0.1, 0.15) is 24.8 Å². The highest BCUT2D eigenvalue weighted by Crippen LogP contribution is 2.34. The number of ether oxygens (including phenoxy) is 1. The molecule has 21 heavy (non-hydrogen) atoms. The molecule has 0 aromatic heterocycles. The number of nitrogens with zero attached hydrogens (tertiary/aromatic N) is 3. The van der Waals surface area contributed by atoms with E-state index in [0.29, 0.717) is 24.2 Å². The summed E-state index contributed by atoms with van der Waals surface area (Å²) in [6, 6.07) is 5.58. The first-order chi connectivity index (χ1) is 10.1. The highest BCUT2D eigenvalue weighted by Gasteiger charge is 2.33. The summed E-state index contributed by atoms with van der Waals surface area (Å²) in [7, 11) is 1.30. The summed E-state index contributed by atoms with van der Waals surface area (Å²) in [6.07, 6.45) is 2.28. The third-order valence-corrected chi connectivity index (χ3v) is 3.59. The Morgan fingerprint density at radius 2 is 2.29 bits per heavy atom. The van der Waals surface area contributed by atoms with E-state index in [1.807, 2.05) is 6.07 Å². The van der Waals surface area contributed by atoms with Gasteiger partial charge in [0.15, 0.2) is 0 Å². The zero-order valence-electron chi connectivity index (χ0n) is 11.6. The maximum atomic E-state index is 11.9. The molecule has 1 atom stereocenters. The Balaban J connectivity index is 2.48. The van der Waals surface area contributed by atoms with Crippen molar-refractivity contribution in [1.82, 2.24) is 0 Å². The third kappa shape index (κ3) is 2.94. The van der Waals surface area contributed by atoms with E-state index in [2.05, 4.69) is 0 Å². The van der Waals surface area contributed by atoms with Gasteiger partial charge in [-0.15, -0.1) is 0 Å². The topological polar surface area (TPSA) is 96.5 Å². The minimum Gasteiger partial charge on any atom is -0.467 e. The van der Waals surface area contributed by atoms with Crippen molar-refractivity contribution in [3.63, 3.8) is 0 Å². The number of carbonyl (C=O) groups is 1. The number of benzene rings is 1. The van der Waals surface area contributed by atoms with Crippen LogP contribution in [0.2, 0.25) is 0 Å². The number of carbonyl (C=O) groups excluding carboxylic acids is 1. The van der Waals surface area contributed by atoms with Gasteiger partial charge in [-0.25, -0.2) is 4.79 Å². The molecule has 1 unspecified atom stereocenters. The summed E-state index contributed by atoms with van der Waals surface area (Å²) in [6.45, 7) is 0.523. The van der Waals surface area contributed by atoms with E-state index in [1.165, 1.54) is 25.3 Å². The van der Waals surface area contributed by atoms with E-state index in [4.69, 9.17) is 10.00 Å². The average Bonchev–Trinajstić information content (AvgIpc) is 2.53. The van der Waals surface area contributed by atoms with Gasteiger partial charge in [0.1, 0.15) is 11.7 Å². The minimum atomic E-state index is -0.545. The van der Waals surface area contributed by atoms with E-state index >= 15 is 0 Å². The highest BCUT2D eigenvalue weighted by atomic mass is 16.6. The Morgan fingerprint density at radius 1 is 1.52 bits per heavy atom. The van der Waals surface area contributed by atoms with Gasteiger partial charge in [0.2, 0.25) is 0 Å². The fourth-order valence-corrected chi connectivity index (χ4v) is 2.58. The summed E-state index contributed by atoms with van der Waals surface area (Å²) in [5.41, 5.74) is 0.517. The number of nitriles is 1. The Labute approximate surface area is 121 Å². The van der Waals surface area contributed by atoms with Gasteiger partial charge in [0.05, 0.1) is 23.7 Å². The zero-order chi connectivity index (χ0) is 15.4. The number of esters is 1. The molecule has 0 N–H and O–H groups in total. The highest BCUT2D eigenvalue weighted by molar-refractivity contribution is 5.82. The number of hydrogen-bond acceptors (Lipinski definition) is 6. The van der Waals surface area contributed by atoms with Crippen LogP contribution in [0.4, 0.5) is 11.4 Å². The predicted octanol–water partition coefficient (Wildman–Crippen LogP) is 2.00. The van der Waals surface area contributed by atoms with E-state index in [-0.39, 0.29) is 5.69 Å². The lowest BCUT2D eigenvalue weighted by Gasteiger charge is -2.35. The van der Waals surface area contributed by atoms with Crippen LogP contribution in [-0.2, 0) is 9.53 Å². The van der Waals surface area contributed by atoms with Crippen molar-refractivity contribution in [2.45, 2.75) is 25.3 Å². The molecule has 1 fully saturated rings. The van der Waals surface area contributed by atoms with Gasteiger partial charge in [0, 0.05) is 12.6 Å². The molecule has 7 nitrogen and oxygen atoms in total. The van der Waals surface area contributed by atoms with Gasteiger partial charge in [-0.05, 0) is 31.4 Å². The lowest BCUT2D eigenvalue weighted by Crippen LogP contribution is -2.45. The first-order valence-corrected chi connectivity index (χ1v) is 6.61. The second-order valence-corrected chi connectivity index (χ2v) is 4.80. The molecule has 2 rings (SSSR count). The SMILES string of the molecule is COC(=O)C1CCCCN1c1cc(C#N)ccc1[N+](=O)[O-]. The second kappa shape index (κ2) is 6.22. The largest absolute Gasteiger partial charge is 0.467 e. The molecule has 1 aromatic rings. The Hall–Kier alpha value is -2.62. The van der Waals surface area contributed by atoms with Crippen LogP contribution in [0, 0.1) is 21.4 Å². The van der Waals surface area contributed by atoms with E-state index < -0.39 is 16.9 Å². The zero-order valence-corrected chi connectivity index (χ0v) is 11.6. The maximum Gasteiger partial charge on any atom is 0.328 e. The number of piperidine rings is 1. The van der Waals surface area contributed by atoms with Crippen molar-refractivity contribution < 1.29 is 14.5 Å². The fourth-order valence-electron chi connectivity index (χ4n) is 2.58. The molecule has 1 heterocycles. The molecule has 0 aliphatic carbocycles.